The lowest BCUT2D eigenvalue weighted by atomic mass is 9.95. The maximum Gasteiger partial charge on any atom is 0.191 e. The van der Waals surface area contributed by atoms with Crippen molar-refractivity contribution in [2.24, 2.45) is 4.99 Å². The van der Waals surface area contributed by atoms with Gasteiger partial charge in [0.1, 0.15) is 0 Å². The number of hydrogen-bond acceptors (Lipinski definition) is 3. The summed E-state index contributed by atoms with van der Waals surface area (Å²) in [6.45, 7) is 8.98. The highest BCUT2D eigenvalue weighted by molar-refractivity contribution is 7.99. The van der Waals surface area contributed by atoms with Gasteiger partial charge in [0.2, 0.25) is 0 Å². The molecule has 1 aliphatic rings. The Morgan fingerprint density at radius 2 is 2.09 bits per heavy atom. The van der Waals surface area contributed by atoms with Crippen LogP contribution >= 0.6 is 11.8 Å². The molecule has 0 aromatic rings. The van der Waals surface area contributed by atoms with Crippen molar-refractivity contribution >= 4 is 28.5 Å². The Bertz CT molecular complexity index is 378. The Morgan fingerprint density at radius 1 is 1.36 bits per heavy atom. The quantitative estimate of drug-likeness (QED) is 0.573. The summed E-state index contributed by atoms with van der Waals surface area (Å²) in [5.74, 6) is 2.70. The van der Waals surface area contributed by atoms with Crippen LogP contribution in [0, 0.1) is 0 Å². The minimum Gasteiger partial charge on any atom is -0.355 e. The van der Waals surface area contributed by atoms with Crippen LogP contribution in [0.3, 0.4) is 0 Å². The Hall–Kier alpha value is -0.230. The molecule has 2 N–H and O–H groups in total. The minimum absolute atomic E-state index is 0.146. The number of hydrogen-bond donors (Lipinski definition) is 2. The molecule has 0 heterocycles. The summed E-state index contributed by atoms with van der Waals surface area (Å²) >= 11 is 2.07. The van der Waals surface area contributed by atoms with E-state index in [1.54, 1.807) is 7.05 Å². The number of nitrogens with zero attached hydrogens (tertiary/aromatic N) is 1. The lowest BCUT2D eigenvalue weighted by molar-refractivity contribution is 0.419. The second kappa shape index (κ2) is 9.81. The molecule has 0 bridgehead atoms. The van der Waals surface area contributed by atoms with Gasteiger partial charge >= 0.3 is 0 Å². The van der Waals surface area contributed by atoms with Crippen molar-refractivity contribution in [1.82, 2.24) is 10.6 Å². The van der Waals surface area contributed by atoms with Gasteiger partial charge < -0.3 is 10.6 Å². The average molecular weight is 348 g/mol. The van der Waals surface area contributed by atoms with Crippen LogP contribution in [0.25, 0.3) is 0 Å². The first kappa shape index (κ1) is 19.8. The molecule has 0 aromatic carbocycles. The van der Waals surface area contributed by atoms with E-state index >= 15 is 0 Å². The summed E-state index contributed by atoms with van der Waals surface area (Å²) in [6.07, 6.45) is 5.07. The molecule has 0 aromatic heterocycles. The van der Waals surface area contributed by atoms with E-state index in [2.05, 4.69) is 34.3 Å². The molecule has 1 saturated carbocycles. The molecule has 1 fully saturated rings. The van der Waals surface area contributed by atoms with E-state index in [-0.39, 0.29) is 4.75 Å². The van der Waals surface area contributed by atoms with E-state index in [0.29, 0.717) is 18.3 Å². The van der Waals surface area contributed by atoms with Crippen LogP contribution in [0.4, 0.5) is 0 Å². The van der Waals surface area contributed by atoms with Gasteiger partial charge in [-0.3, -0.25) is 9.20 Å². The summed E-state index contributed by atoms with van der Waals surface area (Å²) in [7, 11) is 0.983. The number of nitrogens with one attached hydrogen (secondary N) is 2. The fourth-order valence-corrected chi connectivity index (χ4v) is 4.69. The number of thioether (sulfide) groups is 1. The van der Waals surface area contributed by atoms with Crippen LogP contribution in [0.5, 0.6) is 0 Å². The average Bonchev–Trinajstić information content (AvgIpc) is 2.45. The normalized spacial score (nSPS) is 24.9. The lowest BCUT2D eigenvalue weighted by Crippen LogP contribution is -2.46. The molecule has 22 heavy (non-hydrogen) atoms. The van der Waals surface area contributed by atoms with Crippen molar-refractivity contribution in [2.75, 3.05) is 25.1 Å². The monoisotopic (exact) mass is 347 g/mol. The standard InChI is InChI=1S/C16H33N3OS2/c1-6-21-14-9-7-8-13(12-14)19-15(17-5)18-10-11-22(20)16(2,3)4/h13-14H,6-12H2,1-5H3,(H2,17,18,19). The molecule has 4 nitrogen and oxygen atoms in total. The zero-order valence-corrected chi connectivity index (χ0v) is 16.4. The number of aliphatic imine (C=N–C) groups is 1. The van der Waals surface area contributed by atoms with Gasteiger partial charge in [0.15, 0.2) is 5.96 Å². The molecule has 1 aliphatic carbocycles. The van der Waals surface area contributed by atoms with E-state index in [0.717, 1.165) is 11.2 Å². The van der Waals surface area contributed by atoms with Gasteiger partial charge in [-0.05, 0) is 45.8 Å². The summed E-state index contributed by atoms with van der Waals surface area (Å²) < 4.78 is 11.9. The van der Waals surface area contributed by atoms with Crippen molar-refractivity contribution in [1.29, 1.82) is 0 Å². The van der Waals surface area contributed by atoms with Crippen molar-refractivity contribution in [3.05, 3.63) is 0 Å². The highest BCUT2D eigenvalue weighted by Gasteiger charge is 2.23. The molecular weight excluding hydrogens is 314 g/mol. The Balaban J connectivity index is 2.34. The molecule has 0 spiro atoms. The van der Waals surface area contributed by atoms with Gasteiger partial charge in [-0.25, -0.2) is 0 Å². The predicted octanol–water partition coefficient (Wildman–Crippen LogP) is 2.76. The number of rotatable bonds is 6. The topological polar surface area (TPSA) is 53.5 Å². The zero-order chi connectivity index (χ0) is 16.6. The Kier molecular flexibility index (Phi) is 8.83. The summed E-state index contributed by atoms with van der Waals surface area (Å²) in [5.41, 5.74) is 0. The molecule has 3 atom stereocenters. The first-order valence-corrected chi connectivity index (χ1v) is 10.7. The fraction of sp³-hybridized carbons (Fsp3) is 0.938. The molecule has 1 rings (SSSR count). The molecule has 6 heteroatoms. The van der Waals surface area contributed by atoms with Crippen LogP contribution in [0.2, 0.25) is 0 Å². The van der Waals surface area contributed by atoms with E-state index in [9.17, 15) is 4.21 Å². The van der Waals surface area contributed by atoms with Gasteiger partial charge in [0.05, 0.1) is 0 Å². The Labute approximate surface area is 143 Å². The highest BCUT2D eigenvalue weighted by Crippen LogP contribution is 2.28. The van der Waals surface area contributed by atoms with Gasteiger partial charge in [0, 0.05) is 46.2 Å². The largest absolute Gasteiger partial charge is 0.355 e. The van der Waals surface area contributed by atoms with E-state index in [4.69, 9.17) is 0 Å². The van der Waals surface area contributed by atoms with Gasteiger partial charge in [0.25, 0.3) is 0 Å². The first-order valence-electron chi connectivity index (χ1n) is 8.34. The predicted molar refractivity (Wildman–Crippen MR) is 101 cm³/mol. The number of guanidine groups is 1. The molecule has 0 radical (unpaired) electrons. The molecular formula is C16H33N3OS2. The maximum atomic E-state index is 12.0. The minimum atomic E-state index is -0.819. The van der Waals surface area contributed by atoms with Crippen LogP contribution in [-0.2, 0) is 10.8 Å². The third kappa shape index (κ3) is 7.36. The Morgan fingerprint density at radius 3 is 2.68 bits per heavy atom. The van der Waals surface area contributed by atoms with Gasteiger partial charge in [-0.1, -0.05) is 13.3 Å². The third-order valence-corrected chi connectivity index (χ3v) is 7.03. The molecule has 0 saturated heterocycles. The summed E-state index contributed by atoms with van der Waals surface area (Å²) in [5, 5.41) is 7.62. The SMILES string of the molecule is CCSC1CCCC(NC(=NC)NCCS(=O)C(C)(C)C)C1. The van der Waals surface area contributed by atoms with Crippen molar-refractivity contribution < 1.29 is 4.21 Å². The van der Waals surface area contributed by atoms with Crippen LogP contribution in [0.15, 0.2) is 4.99 Å². The zero-order valence-electron chi connectivity index (χ0n) is 14.8. The fourth-order valence-electron chi connectivity index (χ4n) is 2.62. The van der Waals surface area contributed by atoms with Crippen LogP contribution in [0.1, 0.15) is 53.4 Å². The molecule has 130 valence electrons. The van der Waals surface area contributed by atoms with E-state index < -0.39 is 10.8 Å². The van der Waals surface area contributed by atoms with Crippen molar-refractivity contribution in [3.8, 4) is 0 Å². The maximum absolute atomic E-state index is 12.0. The van der Waals surface area contributed by atoms with Gasteiger partial charge in [-0.2, -0.15) is 11.8 Å². The second-order valence-electron chi connectivity index (χ2n) is 6.75. The van der Waals surface area contributed by atoms with Crippen molar-refractivity contribution in [2.45, 2.75) is 69.4 Å². The highest BCUT2D eigenvalue weighted by atomic mass is 32.2. The molecule has 0 aliphatic heterocycles. The van der Waals surface area contributed by atoms with Crippen molar-refractivity contribution in [3.63, 3.8) is 0 Å². The summed E-state index contributed by atoms with van der Waals surface area (Å²) in [4.78, 5) is 4.30. The molecule has 3 unspecified atom stereocenters. The van der Waals surface area contributed by atoms with Crippen LogP contribution < -0.4 is 10.6 Å². The van der Waals surface area contributed by atoms with E-state index in [1.807, 2.05) is 20.8 Å². The smallest absolute Gasteiger partial charge is 0.191 e. The first-order chi connectivity index (χ1) is 10.4. The summed E-state index contributed by atoms with van der Waals surface area (Å²) in [6, 6.07) is 0.511. The van der Waals surface area contributed by atoms with Gasteiger partial charge in [-0.15, -0.1) is 0 Å². The van der Waals surface area contributed by atoms with E-state index in [1.165, 1.54) is 31.4 Å². The molecule has 0 amide bonds. The second-order valence-corrected chi connectivity index (χ2v) is 10.6. The lowest BCUT2D eigenvalue weighted by Gasteiger charge is -2.30. The van der Waals surface area contributed by atoms with Crippen LogP contribution in [-0.4, -0.2) is 51.3 Å². The third-order valence-electron chi connectivity index (χ3n) is 3.86.